The molecule has 5 nitrogen and oxygen atoms in total. The van der Waals surface area contributed by atoms with Gasteiger partial charge in [-0.2, -0.15) is 5.10 Å². The van der Waals surface area contributed by atoms with Gasteiger partial charge in [-0.05, 0) is 43.0 Å². The van der Waals surface area contributed by atoms with Crippen molar-refractivity contribution in [2.75, 3.05) is 0 Å². The van der Waals surface area contributed by atoms with Gasteiger partial charge in [-0.15, -0.1) is 0 Å². The van der Waals surface area contributed by atoms with Gasteiger partial charge >= 0.3 is 0 Å². The molecule has 0 saturated heterocycles. The van der Waals surface area contributed by atoms with Crippen LogP contribution < -0.4 is 5.32 Å². The molecule has 4 rings (SSSR count). The Labute approximate surface area is 153 Å². The molecule has 0 bridgehead atoms. The van der Waals surface area contributed by atoms with Crippen LogP contribution in [-0.2, 0) is 6.54 Å². The second kappa shape index (κ2) is 6.83. The van der Waals surface area contributed by atoms with Crippen molar-refractivity contribution in [1.82, 2.24) is 15.1 Å². The minimum Gasteiger partial charge on any atom is -0.467 e. The Balaban J connectivity index is 1.74. The van der Waals surface area contributed by atoms with Gasteiger partial charge in [0, 0.05) is 5.92 Å². The maximum atomic E-state index is 13.1. The first kappa shape index (κ1) is 16.6. The Morgan fingerprint density at radius 2 is 2.00 bits per heavy atom. The lowest BCUT2D eigenvalue weighted by atomic mass is 10.0. The summed E-state index contributed by atoms with van der Waals surface area (Å²) in [6.45, 7) is 4.59. The fourth-order valence-corrected chi connectivity index (χ4v) is 3.29. The van der Waals surface area contributed by atoms with Gasteiger partial charge in [-0.1, -0.05) is 32.0 Å². The predicted octanol–water partition coefficient (Wildman–Crippen LogP) is 4.40. The lowest BCUT2D eigenvalue weighted by molar-refractivity contribution is 0.0945. The standard InChI is InChI=1S/C21H23N3O2/c1-14(2)20-18(21(25)22-13-17-9-6-12-26-17)19(15-10-11-15)23-24(20)16-7-4-3-5-8-16/h3-9,12,14-15H,10-11,13H2,1-2H3,(H,22,25). The number of benzene rings is 1. The number of hydrogen-bond acceptors (Lipinski definition) is 3. The normalized spacial score (nSPS) is 14.0. The Hall–Kier alpha value is -2.82. The summed E-state index contributed by atoms with van der Waals surface area (Å²) >= 11 is 0. The van der Waals surface area contributed by atoms with E-state index in [9.17, 15) is 4.79 Å². The Morgan fingerprint density at radius 1 is 1.23 bits per heavy atom. The molecule has 1 aliphatic carbocycles. The highest BCUT2D eigenvalue weighted by molar-refractivity contribution is 5.97. The molecule has 1 amide bonds. The highest BCUT2D eigenvalue weighted by Gasteiger charge is 2.35. The second-order valence-corrected chi connectivity index (χ2v) is 7.08. The van der Waals surface area contributed by atoms with Crippen LogP contribution in [0.5, 0.6) is 0 Å². The zero-order valence-electron chi connectivity index (χ0n) is 15.1. The van der Waals surface area contributed by atoms with Crippen molar-refractivity contribution >= 4 is 5.91 Å². The molecule has 0 aliphatic heterocycles. The number of furan rings is 1. The number of carbonyl (C=O) groups is 1. The monoisotopic (exact) mass is 349 g/mol. The summed E-state index contributed by atoms with van der Waals surface area (Å²) in [7, 11) is 0. The summed E-state index contributed by atoms with van der Waals surface area (Å²) in [6.07, 6.45) is 3.81. The van der Waals surface area contributed by atoms with Gasteiger partial charge in [0.1, 0.15) is 5.76 Å². The summed E-state index contributed by atoms with van der Waals surface area (Å²) in [5.74, 6) is 1.24. The molecule has 1 aromatic carbocycles. The van der Waals surface area contributed by atoms with Crippen LogP contribution in [0.15, 0.2) is 53.1 Å². The van der Waals surface area contributed by atoms with Gasteiger partial charge in [0.05, 0.1) is 35.4 Å². The zero-order chi connectivity index (χ0) is 18.1. The van der Waals surface area contributed by atoms with E-state index in [0.717, 1.165) is 41.2 Å². The summed E-state index contributed by atoms with van der Waals surface area (Å²) in [6, 6.07) is 13.7. The van der Waals surface area contributed by atoms with Crippen LogP contribution in [0.1, 0.15) is 66.0 Å². The van der Waals surface area contributed by atoms with Gasteiger partial charge < -0.3 is 9.73 Å². The minimum atomic E-state index is -0.0748. The van der Waals surface area contributed by atoms with E-state index in [-0.39, 0.29) is 11.8 Å². The third kappa shape index (κ3) is 3.17. The number of amides is 1. The van der Waals surface area contributed by atoms with Crippen LogP contribution in [0.3, 0.4) is 0 Å². The molecule has 0 unspecified atom stereocenters. The number of rotatable bonds is 6. The van der Waals surface area contributed by atoms with Gasteiger partial charge in [0.15, 0.2) is 0 Å². The maximum absolute atomic E-state index is 13.1. The molecule has 0 radical (unpaired) electrons. The van der Waals surface area contributed by atoms with E-state index in [4.69, 9.17) is 9.52 Å². The van der Waals surface area contributed by atoms with Crippen LogP contribution in [0, 0.1) is 0 Å². The van der Waals surface area contributed by atoms with Gasteiger partial charge in [-0.25, -0.2) is 4.68 Å². The van der Waals surface area contributed by atoms with Crippen molar-refractivity contribution in [3.05, 3.63) is 71.4 Å². The number of para-hydroxylation sites is 1. The van der Waals surface area contributed by atoms with Crippen LogP contribution >= 0.6 is 0 Å². The van der Waals surface area contributed by atoms with E-state index in [1.807, 2.05) is 47.1 Å². The van der Waals surface area contributed by atoms with Crippen LogP contribution in [0.4, 0.5) is 0 Å². The molecule has 5 heteroatoms. The number of carbonyl (C=O) groups excluding carboxylic acids is 1. The SMILES string of the molecule is CC(C)c1c(C(=O)NCc2ccco2)c(C2CC2)nn1-c1ccccc1. The molecular formula is C21H23N3O2. The fraction of sp³-hybridized carbons (Fsp3) is 0.333. The molecule has 1 N–H and O–H groups in total. The average molecular weight is 349 g/mol. The Bertz CT molecular complexity index is 891. The minimum absolute atomic E-state index is 0.0748. The van der Waals surface area contributed by atoms with E-state index in [0.29, 0.717) is 12.5 Å². The smallest absolute Gasteiger partial charge is 0.255 e. The quantitative estimate of drug-likeness (QED) is 0.718. The summed E-state index contributed by atoms with van der Waals surface area (Å²) < 4.78 is 7.27. The summed E-state index contributed by atoms with van der Waals surface area (Å²) in [5, 5.41) is 7.86. The van der Waals surface area contributed by atoms with Gasteiger partial charge in [-0.3, -0.25) is 4.79 Å². The number of hydrogen-bond donors (Lipinski definition) is 1. The van der Waals surface area contributed by atoms with E-state index >= 15 is 0 Å². The van der Waals surface area contributed by atoms with Gasteiger partial charge in [0.2, 0.25) is 0 Å². The van der Waals surface area contributed by atoms with Crippen molar-refractivity contribution in [2.24, 2.45) is 0 Å². The molecule has 1 aliphatic rings. The molecule has 2 aromatic heterocycles. The molecule has 3 aromatic rings. The zero-order valence-corrected chi connectivity index (χ0v) is 15.1. The van der Waals surface area contributed by atoms with Crippen molar-refractivity contribution in [3.8, 4) is 5.69 Å². The molecule has 0 spiro atoms. The summed E-state index contributed by atoms with van der Waals surface area (Å²) in [5.41, 5.74) is 3.62. The van der Waals surface area contributed by atoms with E-state index < -0.39 is 0 Å². The highest BCUT2D eigenvalue weighted by Crippen LogP contribution is 2.43. The average Bonchev–Trinajstić information content (AvgIpc) is 3.21. The number of nitrogens with zero attached hydrogens (tertiary/aromatic N) is 2. The largest absolute Gasteiger partial charge is 0.467 e. The van der Waals surface area contributed by atoms with Crippen LogP contribution in [0.25, 0.3) is 5.69 Å². The predicted molar refractivity (Wildman–Crippen MR) is 99.5 cm³/mol. The molecule has 2 heterocycles. The second-order valence-electron chi connectivity index (χ2n) is 7.08. The third-order valence-corrected chi connectivity index (χ3v) is 4.69. The van der Waals surface area contributed by atoms with E-state index in [2.05, 4.69) is 19.2 Å². The fourth-order valence-electron chi connectivity index (χ4n) is 3.29. The molecule has 1 fully saturated rings. The van der Waals surface area contributed by atoms with Crippen molar-refractivity contribution in [2.45, 2.75) is 45.1 Å². The molecule has 0 atom stereocenters. The number of nitrogens with one attached hydrogen (secondary N) is 1. The molecule has 1 saturated carbocycles. The highest BCUT2D eigenvalue weighted by atomic mass is 16.3. The molecule has 134 valence electrons. The topological polar surface area (TPSA) is 60.1 Å². The third-order valence-electron chi connectivity index (χ3n) is 4.69. The van der Waals surface area contributed by atoms with Crippen molar-refractivity contribution in [1.29, 1.82) is 0 Å². The summed E-state index contributed by atoms with van der Waals surface area (Å²) in [4.78, 5) is 13.1. The molecule has 26 heavy (non-hydrogen) atoms. The first-order valence-corrected chi connectivity index (χ1v) is 9.14. The number of aromatic nitrogens is 2. The van der Waals surface area contributed by atoms with Crippen LogP contribution in [-0.4, -0.2) is 15.7 Å². The lowest BCUT2D eigenvalue weighted by Crippen LogP contribution is -2.25. The molecular weight excluding hydrogens is 326 g/mol. The van der Waals surface area contributed by atoms with Crippen LogP contribution in [0.2, 0.25) is 0 Å². The van der Waals surface area contributed by atoms with Crippen molar-refractivity contribution < 1.29 is 9.21 Å². The lowest BCUT2D eigenvalue weighted by Gasteiger charge is -2.13. The maximum Gasteiger partial charge on any atom is 0.255 e. The van der Waals surface area contributed by atoms with Gasteiger partial charge in [0.25, 0.3) is 5.91 Å². The van der Waals surface area contributed by atoms with Crippen molar-refractivity contribution in [3.63, 3.8) is 0 Å². The van der Waals surface area contributed by atoms with E-state index in [1.54, 1.807) is 6.26 Å². The first-order valence-electron chi connectivity index (χ1n) is 9.14. The Morgan fingerprint density at radius 3 is 2.62 bits per heavy atom. The van der Waals surface area contributed by atoms with E-state index in [1.165, 1.54) is 0 Å². The first-order chi connectivity index (χ1) is 12.6. The Kier molecular flexibility index (Phi) is 4.37.